The third kappa shape index (κ3) is 4.29. The van der Waals surface area contributed by atoms with Gasteiger partial charge in [0, 0.05) is 19.4 Å². The van der Waals surface area contributed by atoms with E-state index in [2.05, 4.69) is 69.3 Å². The molecule has 0 radical (unpaired) electrons. The van der Waals surface area contributed by atoms with Crippen LogP contribution in [0.15, 0.2) is 72.1 Å². The number of carbonyl (C=O) groups excluding carboxylic acids is 1. The molecule has 1 aliphatic rings. The number of hydrogen-bond acceptors (Lipinski definition) is 2. The van der Waals surface area contributed by atoms with Crippen molar-refractivity contribution in [3.05, 3.63) is 72.1 Å². The monoisotopic (exact) mass is 410 g/mol. The number of carbonyl (C=O) groups is 1. The second kappa shape index (κ2) is 8.76. The highest BCUT2D eigenvalue weighted by atomic mass is 28.4. The highest BCUT2D eigenvalue weighted by Crippen LogP contribution is 2.40. The fourth-order valence-corrected chi connectivity index (χ4v) is 9.21. The molecule has 2 aromatic rings. The van der Waals surface area contributed by atoms with Gasteiger partial charge in [-0.3, -0.25) is 4.79 Å². The Kier molecular flexibility index (Phi) is 6.54. The van der Waals surface area contributed by atoms with E-state index in [4.69, 9.17) is 4.43 Å². The first-order valence-corrected chi connectivity index (χ1v) is 12.3. The average molecular weight is 411 g/mol. The number of hydrogen-bond donors (Lipinski definition) is 0. The molecule has 0 aromatic heterocycles. The van der Waals surface area contributed by atoms with Crippen LogP contribution in [-0.2, 0) is 9.22 Å². The van der Waals surface area contributed by atoms with Gasteiger partial charge in [0.05, 0.1) is 0 Å². The van der Waals surface area contributed by atoms with Gasteiger partial charge >= 0.3 is 0 Å². The molecule has 0 aliphatic heterocycles. The zero-order valence-electron chi connectivity index (χ0n) is 17.9. The maximum atomic E-state index is 14.5. The first-order valence-electron chi connectivity index (χ1n) is 10.4. The normalized spacial score (nSPS) is 19.3. The zero-order chi connectivity index (χ0) is 21.1. The second-order valence-corrected chi connectivity index (χ2v) is 13.3. The number of rotatable bonds is 6. The van der Waals surface area contributed by atoms with E-state index in [9.17, 15) is 9.18 Å². The van der Waals surface area contributed by atoms with Crippen LogP contribution in [-0.4, -0.2) is 20.7 Å². The molecule has 154 valence electrons. The summed E-state index contributed by atoms with van der Waals surface area (Å²) in [4.78, 5) is 11.6. The van der Waals surface area contributed by atoms with Crippen LogP contribution in [0.4, 0.5) is 4.39 Å². The van der Waals surface area contributed by atoms with Crippen molar-refractivity contribution in [2.24, 2.45) is 5.92 Å². The van der Waals surface area contributed by atoms with Crippen molar-refractivity contribution in [3.8, 4) is 0 Å². The Morgan fingerprint density at radius 2 is 1.55 bits per heavy atom. The molecule has 1 fully saturated rings. The molecule has 0 amide bonds. The summed E-state index contributed by atoms with van der Waals surface area (Å²) in [6, 6.07) is 20.9. The molecule has 3 rings (SSSR count). The summed E-state index contributed by atoms with van der Waals surface area (Å²) in [5.41, 5.74) is 0.649. The Bertz CT molecular complexity index is 829. The molecule has 0 heterocycles. The molecule has 0 spiro atoms. The third-order valence-corrected chi connectivity index (χ3v) is 11.0. The number of allylic oxidation sites excluding steroid dienone is 1. The van der Waals surface area contributed by atoms with Crippen LogP contribution in [0.1, 0.15) is 47.0 Å². The minimum Gasteiger partial charge on any atom is -0.407 e. The van der Waals surface area contributed by atoms with Crippen LogP contribution in [0, 0.1) is 5.92 Å². The van der Waals surface area contributed by atoms with E-state index < -0.39 is 19.9 Å². The van der Waals surface area contributed by atoms with Gasteiger partial charge in [0.1, 0.15) is 0 Å². The summed E-state index contributed by atoms with van der Waals surface area (Å²) in [7, 11) is -2.64. The fraction of sp³-hybridized carbons (Fsp3) is 0.400. The lowest BCUT2D eigenvalue weighted by Crippen LogP contribution is -2.66. The van der Waals surface area contributed by atoms with E-state index in [1.165, 1.54) is 17.3 Å². The summed E-state index contributed by atoms with van der Waals surface area (Å²) in [6.07, 6.45) is 2.43. The van der Waals surface area contributed by atoms with Gasteiger partial charge in [0.25, 0.3) is 8.32 Å². The van der Waals surface area contributed by atoms with Crippen LogP contribution in [0.5, 0.6) is 0 Å². The zero-order valence-corrected chi connectivity index (χ0v) is 18.9. The lowest BCUT2D eigenvalue weighted by Gasteiger charge is -2.43. The average Bonchev–Trinajstić information content (AvgIpc) is 3.17. The van der Waals surface area contributed by atoms with Gasteiger partial charge in [-0.2, -0.15) is 0 Å². The largest absolute Gasteiger partial charge is 0.407 e. The Morgan fingerprint density at radius 1 is 1.03 bits per heavy atom. The first-order chi connectivity index (χ1) is 13.8. The van der Waals surface area contributed by atoms with Crippen LogP contribution in [0.2, 0.25) is 5.04 Å². The van der Waals surface area contributed by atoms with Gasteiger partial charge in [-0.05, 0) is 40.2 Å². The van der Waals surface area contributed by atoms with Gasteiger partial charge in [0.15, 0.2) is 11.6 Å². The topological polar surface area (TPSA) is 26.3 Å². The molecular formula is C25H31FO2Si. The Balaban J connectivity index is 2.05. The minimum absolute atomic E-state index is 0.0273. The second-order valence-electron chi connectivity index (χ2n) is 8.96. The standard InChI is InChI=1S/C25H31FO2Si/c1-19(27)24(26)23-17-11-12-20(23)18-28-29(25(2,3)4,21-13-7-5-8-14-21)22-15-9-6-10-16-22/h5-10,13-16,20H,11-12,17-18H2,1-4H3/b24-23-/t20-/m0/s1. The Labute approximate surface area is 174 Å². The van der Waals surface area contributed by atoms with Crippen molar-refractivity contribution < 1.29 is 13.6 Å². The number of ketones is 1. The molecule has 1 atom stereocenters. The van der Waals surface area contributed by atoms with E-state index in [1.54, 1.807) is 0 Å². The SMILES string of the molecule is CC(=O)/C(F)=C1\CCC[C@H]1CO[Si](c1ccccc1)(c1ccccc1)C(C)(C)C. The van der Waals surface area contributed by atoms with Gasteiger partial charge in [-0.15, -0.1) is 0 Å². The number of benzene rings is 2. The maximum absolute atomic E-state index is 14.5. The minimum atomic E-state index is -2.64. The van der Waals surface area contributed by atoms with E-state index in [-0.39, 0.29) is 11.0 Å². The summed E-state index contributed by atoms with van der Waals surface area (Å²) in [5.74, 6) is -1.06. The fourth-order valence-electron chi connectivity index (χ4n) is 4.60. The van der Waals surface area contributed by atoms with Crippen molar-refractivity contribution in [1.82, 2.24) is 0 Å². The molecule has 1 saturated carbocycles. The van der Waals surface area contributed by atoms with Gasteiger partial charge in [0.2, 0.25) is 0 Å². The molecule has 2 aromatic carbocycles. The number of Topliss-reactive ketones (excluding diaryl/α,β-unsaturated/α-hetero) is 1. The van der Waals surface area contributed by atoms with Gasteiger partial charge in [-0.1, -0.05) is 81.4 Å². The Hall–Kier alpha value is -2.04. The molecular weight excluding hydrogens is 379 g/mol. The smallest absolute Gasteiger partial charge is 0.261 e. The summed E-state index contributed by atoms with van der Waals surface area (Å²) < 4.78 is 21.4. The highest BCUT2D eigenvalue weighted by molar-refractivity contribution is 6.99. The van der Waals surface area contributed by atoms with Gasteiger partial charge in [-0.25, -0.2) is 4.39 Å². The number of halogens is 1. The quantitative estimate of drug-likeness (QED) is 0.485. The molecule has 0 bridgehead atoms. The van der Waals surface area contributed by atoms with Crippen LogP contribution in [0.25, 0.3) is 0 Å². The predicted octanol–water partition coefficient (Wildman–Crippen LogP) is 5.18. The predicted molar refractivity (Wildman–Crippen MR) is 120 cm³/mol. The van der Waals surface area contributed by atoms with Crippen LogP contribution < -0.4 is 10.4 Å². The molecule has 2 nitrogen and oxygen atoms in total. The van der Waals surface area contributed by atoms with Crippen molar-refractivity contribution in [1.29, 1.82) is 0 Å². The van der Waals surface area contributed by atoms with Crippen LogP contribution in [0.3, 0.4) is 0 Å². The van der Waals surface area contributed by atoms with E-state index in [0.717, 1.165) is 12.8 Å². The van der Waals surface area contributed by atoms with Gasteiger partial charge < -0.3 is 4.43 Å². The maximum Gasteiger partial charge on any atom is 0.261 e. The van der Waals surface area contributed by atoms with Crippen molar-refractivity contribution in [2.75, 3.05) is 6.61 Å². The van der Waals surface area contributed by atoms with Crippen molar-refractivity contribution >= 4 is 24.5 Å². The molecule has 29 heavy (non-hydrogen) atoms. The summed E-state index contributed by atoms with van der Waals surface area (Å²) in [6.45, 7) is 8.46. The van der Waals surface area contributed by atoms with E-state index in [0.29, 0.717) is 18.6 Å². The van der Waals surface area contributed by atoms with E-state index >= 15 is 0 Å². The first kappa shape index (κ1) is 21.7. The molecule has 1 aliphatic carbocycles. The lowest BCUT2D eigenvalue weighted by atomic mass is 10.0. The summed E-state index contributed by atoms with van der Waals surface area (Å²) in [5, 5.41) is 2.32. The van der Waals surface area contributed by atoms with Crippen molar-refractivity contribution in [2.45, 2.75) is 52.0 Å². The molecule has 0 unspecified atom stereocenters. The van der Waals surface area contributed by atoms with Crippen molar-refractivity contribution in [3.63, 3.8) is 0 Å². The van der Waals surface area contributed by atoms with Crippen LogP contribution >= 0.6 is 0 Å². The lowest BCUT2D eigenvalue weighted by molar-refractivity contribution is -0.115. The third-order valence-electron chi connectivity index (χ3n) is 6.00. The summed E-state index contributed by atoms with van der Waals surface area (Å²) >= 11 is 0. The highest BCUT2D eigenvalue weighted by Gasteiger charge is 2.50. The Morgan fingerprint density at radius 3 is 2.00 bits per heavy atom. The van der Waals surface area contributed by atoms with E-state index in [1.807, 2.05) is 12.1 Å². The molecule has 0 N–H and O–H groups in total. The molecule has 0 saturated heterocycles. The molecule has 4 heteroatoms.